The molecule has 3 aromatic heterocycles. The minimum atomic E-state index is -4.78. The van der Waals surface area contributed by atoms with E-state index in [0.717, 1.165) is 17.7 Å². The lowest BCUT2D eigenvalue weighted by Crippen LogP contribution is -2.21. The lowest BCUT2D eigenvalue weighted by Gasteiger charge is -2.08. The molecule has 0 bridgehead atoms. The molecule has 0 aliphatic carbocycles. The molecule has 2 aromatic carbocycles. The van der Waals surface area contributed by atoms with Gasteiger partial charge in [-0.05, 0) is 42.5 Å². The Bertz CT molecular complexity index is 1550. The fourth-order valence-corrected chi connectivity index (χ4v) is 3.46. The smallest absolute Gasteiger partial charge is 0.497 e. The number of benzene rings is 2. The summed E-state index contributed by atoms with van der Waals surface area (Å²) in [7, 11) is 1.57. The molecule has 0 fully saturated rings. The molecule has 0 saturated heterocycles. The van der Waals surface area contributed by atoms with Crippen LogP contribution in [0.4, 0.5) is 13.2 Å². The Hall–Kier alpha value is -4.61. The number of alkyl halides is 3. The van der Waals surface area contributed by atoms with E-state index in [2.05, 4.69) is 20.0 Å². The van der Waals surface area contributed by atoms with Gasteiger partial charge in [-0.1, -0.05) is 17.3 Å². The molecule has 0 amide bonds. The highest BCUT2D eigenvalue weighted by Crippen LogP contribution is 2.26. The van der Waals surface area contributed by atoms with Crippen molar-refractivity contribution in [1.82, 2.24) is 24.3 Å². The van der Waals surface area contributed by atoms with Crippen molar-refractivity contribution in [3.63, 3.8) is 0 Å². The number of aromatic nitrogens is 5. The van der Waals surface area contributed by atoms with Gasteiger partial charge in [-0.2, -0.15) is 10.1 Å². The second kappa shape index (κ2) is 8.63. The van der Waals surface area contributed by atoms with E-state index in [9.17, 15) is 18.0 Å². The molecule has 5 rings (SSSR count). The van der Waals surface area contributed by atoms with Crippen molar-refractivity contribution in [2.24, 2.45) is 0 Å². The molecule has 178 valence electrons. The zero-order valence-electron chi connectivity index (χ0n) is 18.1. The second-order valence-corrected chi connectivity index (χ2v) is 7.41. The van der Waals surface area contributed by atoms with Crippen LogP contribution in [0.2, 0.25) is 0 Å². The normalized spacial score (nSPS) is 11.7. The van der Waals surface area contributed by atoms with Crippen LogP contribution >= 0.6 is 0 Å². The summed E-state index contributed by atoms with van der Waals surface area (Å²) in [6, 6.07) is 14.1. The molecule has 0 atom stereocenters. The topological polar surface area (TPSA) is 96.7 Å². The molecule has 0 unspecified atom stereocenters. The van der Waals surface area contributed by atoms with Crippen LogP contribution < -0.4 is 15.0 Å². The van der Waals surface area contributed by atoms with Crippen LogP contribution in [0.1, 0.15) is 5.89 Å². The Morgan fingerprint density at radius 3 is 2.54 bits per heavy atom. The molecule has 0 radical (unpaired) electrons. The van der Waals surface area contributed by atoms with E-state index in [0.29, 0.717) is 22.5 Å². The first-order chi connectivity index (χ1) is 16.8. The van der Waals surface area contributed by atoms with Gasteiger partial charge in [0.2, 0.25) is 11.7 Å². The maximum Gasteiger partial charge on any atom is 0.573 e. The van der Waals surface area contributed by atoms with Crippen molar-refractivity contribution in [2.45, 2.75) is 12.9 Å². The van der Waals surface area contributed by atoms with Crippen molar-refractivity contribution in [3.05, 3.63) is 83.2 Å². The standard InChI is InChI=1S/C23H16F3N5O4/c1-33-17-4-2-3-15(11-17)18-12-19-22(32)30(9-10-31(19)28-18)13-20-27-21(29-35-20)14-5-7-16(8-6-14)34-23(24,25)26/h2-12H,13H2,1H3. The number of methoxy groups -OCH3 is 1. The third kappa shape index (κ3) is 4.71. The summed E-state index contributed by atoms with van der Waals surface area (Å²) < 4.78 is 54.2. The largest absolute Gasteiger partial charge is 0.573 e. The summed E-state index contributed by atoms with van der Waals surface area (Å²) >= 11 is 0. The van der Waals surface area contributed by atoms with E-state index < -0.39 is 6.36 Å². The molecule has 12 heteroatoms. The Morgan fingerprint density at radius 2 is 1.80 bits per heavy atom. The summed E-state index contributed by atoms with van der Waals surface area (Å²) in [6.07, 6.45) is -1.60. The molecule has 0 spiro atoms. The Labute approximate surface area is 195 Å². The lowest BCUT2D eigenvalue weighted by molar-refractivity contribution is -0.274. The van der Waals surface area contributed by atoms with Gasteiger partial charge in [-0.25, -0.2) is 4.52 Å². The van der Waals surface area contributed by atoms with Crippen LogP contribution in [0.3, 0.4) is 0 Å². The fourth-order valence-electron chi connectivity index (χ4n) is 3.46. The summed E-state index contributed by atoms with van der Waals surface area (Å²) in [6.45, 7) is -0.00270. The molecule has 35 heavy (non-hydrogen) atoms. The lowest BCUT2D eigenvalue weighted by atomic mass is 10.1. The summed E-state index contributed by atoms with van der Waals surface area (Å²) in [4.78, 5) is 17.2. The Morgan fingerprint density at radius 1 is 1.00 bits per heavy atom. The van der Waals surface area contributed by atoms with Crippen LogP contribution in [0.5, 0.6) is 11.5 Å². The molecule has 9 nitrogen and oxygen atoms in total. The van der Waals surface area contributed by atoms with Gasteiger partial charge in [0, 0.05) is 23.5 Å². The molecule has 0 N–H and O–H groups in total. The molecule has 0 saturated carbocycles. The van der Waals surface area contributed by atoms with E-state index in [1.165, 1.54) is 21.2 Å². The van der Waals surface area contributed by atoms with Crippen LogP contribution in [0.25, 0.3) is 28.2 Å². The first kappa shape index (κ1) is 22.2. The van der Waals surface area contributed by atoms with E-state index in [1.54, 1.807) is 25.6 Å². The van der Waals surface area contributed by atoms with Crippen LogP contribution in [0, 0.1) is 0 Å². The first-order valence-electron chi connectivity index (χ1n) is 10.2. The van der Waals surface area contributed by atoms with Gasteiger partial charge >= 0.3 is 6.36 Å². The zero-order chi connectivity index (χ0) is 24.6. The minimum absolute atomic E-state index is 0.00270. The van der Waals surface area contributed by atoms with Gasteiger partial charge in [0.15, 0.2) is 0 Å². The van der Waals surface area contributed by atoms with Crippen LogP contribution in [0.15, 0.2) is 76.3 Å². The maximum absolute atomic E-state index is 13.0. The molecule has 0 aliphatic rings. The number of hydrogen-bond acceptors (Lipinski definition) is 7. The van der Waals surface area contributed by atoms with E-state index in [4.69, 9.17) is 9.26 Å². The number of fused-ring (bicyclic) bond motifs is 1. The van der Waals surface area contributed by atoms with Gasteiger partial charge in [0.25, 0.3) is 5.56 Å². The number of hydrogen-bond donors (Lipinski definition) is 0. The Kier molecular flexibility index (Phi) is 5.47. The highest BCUT2D eigenvalue weighted by Gasteiger charge is 2.31. The molecule has 0 aliphatic heterocycles. The maximum atomic E-state index is 13.0. The van der Waals surface area contributed by atoms with Gasteiger partial charge in [-0.15, -0.1) is 13.2 Å². The number of nitrogens with zero attached hydrogens (tertiary/aromatic N) is 5. The van der Waals surface area contributed by atoms with Gasteiger partial charge in [0.05, 0.1) is 12.8 Å². The SMILES string of the molecule is COc1cccc(-c2cc3c(=O)n(Cc4nc(-c5ccc(OC(F)(F)F)cc5)no4)ccn3n2)c1. The predicted molar refractivity (Wildman–Crippen MR) is 117 cm³/mol. The third-order valence-corrected chi connectivity index (χ3v) is 5.09. The van der Waals surface area contributed by atoms with Crippen molar-refractivity contribution in [3.8, 4) is 34.1 Å². The van der Waals surface area contributed by atoms with Gasteiger partial charge in [0.1, 0.15) is 23.6 Å². The third-order valence-electron chi connectivity index (χ3n) is 5.09. The average Bonchev–Trinajstić information content (AvgIpc) is 3.48. The quantitative estimate of drug-likeness (QED) is 0.358. The zero-order valence-corrected chi connectivity index (χ0v) is 18.1. The number of halogens is 3. The van der Waals surface area contributed by atoms with Crippen molar-refractivity contribution in [2.75, 3.05) is 7.11 Å². The molecule has 3 heterocycles. The van der Waals surface area contributed by atoms with E-state index >= 15 is 0 Å². The van der Waals surface area contributed by atoms with E-state index in [1.807, 2.05) is 24.3 Å². The first-order valence-corrected chi connectivity index (χ1v) is 10.2. The predicted octanol–water partition coefficient (Wildman–Crippen LogP) is 4.17. The van der Waals surface area contributed by atoms with Crippen LogP contribution in [-0.4, -0.2) is 37.8 Å². The Balaban J connectivity index is 1.37. The summed E-state index contributed by atoms with van der Waals surface area (Å²) in [5.41, 5.74) is 1.87. The number of rotatable bonds is 6. The van der Waals surface area contributed by atoms with Crippen LogP contribution in [-0.2, 0) is 6.54 Å². The molecular formula is C23H16F3N5O4. The van der Waals surface area contributed by atoms with Crippen molar-refractivity contribution >= 4 is 5.52 Å². The van der Waals surface area contributed by atoms with Gasteiger partial charge in [-0.3, -0.25) is 4.79 Å². The van der Waals surface area contributed by atoms with Crippen molar-refractivity contribution < 1.29 is 27.2 Å². The summed E-state index contributed by atoms with van der Waals surface area (Å²) in [5, 5.41) is 8.30. The van der Waals surface area contributed by atoms with Gasteiger partial charge < -0.3 is 18.6 Å². The monoisotopic (exact) mass is 483 g/mol. The average molecular weight is 483 g/mol. The highest BCUT2D eigenvalue weighted by atomic mass is 19.4. The highest BCUT2D eigenvalue weighted by molar-refractivity contribution is 5.66. The molecular weight excluding hydrogens is 467 g/mol. The molecule has 5 aromatic rings. The van der Waals surface area contributed by atoms with E-state index in [-0.39, 0.29) is 29.6 Å². The fraction of sp³-hybridized carbons (Fsp3) is 0.130. The second-order valence-electron chi connectivity index (χ2n) is 7.41. The minimum Gasteiger partial charge on any atom is -0.497 e. The number of ether oxygens (including phenoxy) is 2. The summed E-state index contributed by atoms with van der Waals surface area (Å²) in [5.74, 6) is 0.623. The van der Waals surface area contributed by atoms with Crippen molar-refractivity contribution in [1.29, 1.82) is 0 Å².